The van der Waals surface area contributed by atoms with Crippen molar-refractivity contribution in [3.8, 4) is 5.75 Å². The van der Waals surface area contributed by atoms with Crippen LogP contribution in [0, 0.1) is 0 Å². The first-order valence-electron chi connectivity index (χ1n) is 7.72. The van der Waals surface area contributed by atoms with Gasteiger partial charge in [-0.05, 0) is 29.5 Å². The standard InChI is InChI=1S/C17H24F3NO3/c1-16(2,3)13-5-7-14(8-6-13)24-11-15(22)21-9-4-10-23-12-17(18,19)20/h5-8H,4,9-12H2,1-3H3,(H,21,22). The van der Waals surface area contributed by atoms with Crippen LogP contribution < -0.4 is 10.1 Å². The summed E-state index contributed by atoms with van der Waals surface area (Å²) in [6.45, 7) is 5.09. The number of carbonyl (C=O) groups is 1. The molecule has 24 heavy (non-hydrogen) atoms. The average Bonchev–Trinajstić information content (AvgIpc) is 2.47. The van der Waals surface area contributed by atoms with Gasteiger partial charge in [-0.2, -0.15) is 13.2 Å². The van der Waals surface area contributed by atoms with Crippen LogP contribution in [0.1, 0.15) is 32.8 Å². The Labute approximate surface area is 140 Å². The zero-order chi connectivity index (χ0) is 18.2. The smallest absolute Gasteiger partial charge is 0.411 e. The molecule has 1 aromatic carbocycles. The van der Waals surface area contributed by atoms with E-state index in [1.807, 2.05) is 12.1 Å². The zero-order valence-electron chi connectivity index (χ0n) is 14.2. The number of rotatable bonds is 8. The molecule has 0 fully saturated rings. The molecule has 0 heterocycles. The Morgan fingerprint density at radius 3 is 2.29 bits per heavy atom. The Morgan fingerprint density at radius 1 is 1.12 bits per heavy atom. The van der Waals surface area contributed by atoms with Gasteiger partial charge in [0.1, 0.15) is 12.4 Å². The maximum Gasteiger partial charge on any atom is 0.411 e. The van der Waals surface area contributed by atoms with Gasteiger partial charge < -0.3 is 14.8 Å². The summed E-state index contributed by atoms with van der Waals surface area (Å²) in [5.41, 5.74) is 1.21. The second-order valence-electron chi connectivity index (χ2n) is 6.43. The first-order chi connectivity index (χ1) is 11.1. The van der Waals surface area contributed by atoms with Crippen molar-refractivity contribution in [3.63, 3.8) is 0 Å². The maximum atomic E-state index is 11.8. The van der Waals surface area contributed by atoms with E-state index < -0.39 is 12.8 Å². The molecule has 1 amide bonds. The van der Waals surface area contributed by atoms with Crippen LogP contribution in [-0.2, 0) is 14.9 Å². The third-order valence-corrected chi connectivity index (χ3v) is 3.14. The Kier molecular flexibility index (Phi) is 7.54. The summed E-state index contributed by atoms with van der Waals surface area (Å²) in [6.07, 6.45) is -4.01. The summed E-state index contributed by atoms with van der Waals surface area (Å²) in [7, 11) is 0. The zero-order valence-corrected chi connectivity index (χ0v) is 14.2. The van der Waals surface area contributed by atoms with E-state index in [-0.39, 0.29) is 31.1 Å². The molecule has 0 bridgehead atoms. The van der Waals surface area contributed by atoms with Crippen molar-refractivity contribution >= 4 is 5.91 Å². The normalized spacial score (nSPS) is 12.1. The number of hydrogen-bond acceptors (Lipinski definition) is 3. The lowest BCUT2D eigenvalue weighted by Gasteiger charge is -2.19. The third kappa shape index (κ3) is 8.76. The lowest BCUT2D eigenvalue weighted by atomic mass is 9.87. The predicted molar refractivity (Wildman–Crippen MR) is 85.1 cm³/mol. The summed E-state index contributed by atoms with van der Waals surface area (Å²) < 4.78 is 45.3. The van der Waals surface area contributed by atoms with Crippen LogP contribution in [0.15, 0.2) is 24.3 Å². The van der Waals surface area contributed by atoms with Crippen molar-refractivity contribution in [2.45, 2.75) is 38.8 Å². The molecule has 0 saturated carbocycles. The third-order valence-electron chi connectivity index (χ3n) is 3.14. The Balaban J connectivity index is 2.18. The van der Waals surface area contributed by atoms with Crippen LogP contribution in [-0.4, -0.2) is 38.4 Å². The molecular weight excluding hydrogens is 323 g/mol. The average molecular weight is 347 g/mol. The van der Waals surface area contributed by atoms with E-state index in [2.05, 4.69) is 30.8 Å². The molecule has 0 atom stereocenters. The van der Waals surface area contributed by atoms with Crippen LogP contribution in [0.25, 0.3) is 0 Å². The summed E-state index contributed by atoms with van der Waals surface area (Å²) in [5, 5.41) is 2.56. The number of nitrogens with one attached hydrogen (secondary N) is 1. The van der Waals surface area contributed by atoms with Crippen LogP contribution in [0.4, 0.5) is 13.2 Å². The van der Waals surface area contributed by atoms with Gasteiger partial charge in [-0.25, -0.2) is 0 Å². The van der Waals surface area contributed by atoms with Gasteiger partial charge in [0.25, 0.3) is 5.91 Å². The minimum Gasteiger partial charge on any atom is -0.484 e. The van der Waals surface area contributed by atoms with Crippen molar-refractivity contribution in [1.82, 2.24) is 5.32 Å². The first kappa shape index (κ1) is 20.3. The molecule has 136 valence electrons. The Hall–Kier alpha value is -1.76. The highest BCUT2D eigenvalue weighted by Crippen LogP contribution is 2.24. The van der Waals surface area contributed by atoms with Crippen molar-refractivity contribution in [1.29, 1.82) is 0 Å². The highest BCUT2D eigenvalue weighted by Gasteiger charge is 2.27. The first-order valence-corrected chi connectivity index (χ1v) is 7.72. The van der Waals surface area contributed by atoms with Crippen LogP contribution in [0.2, 0.25) is 0 Å². The van der Waals surface area contributed by atoms with E-state index in [1.54, 1.807) is 12.1 Å². The minimum absolute atomic E-state index is 0.0457. The molecule has 0 aliphatic heterocycles. The number of benzene rings is 1. The molecule has 0 saturated heterocycles. The fourth-order valence-corrected chi connectivity index (χ4v) is 1.84. The van der Waals surface area contributed by atoms with Crippen LogP contribution >= 0.6 is 0 Å². The van der Waals surface area contributed by atoms with Crippen molar-refractivity contribution < 1.29 is 27.4 Å². The van der Waals surface area contributed by atoms with Gasteiger partial charge >= 0.3 is 6.18 Å². The number of amides is 1. The summed E-state index contributed by atoms with van der Waals surface area (Å²) in [4.78, 5) is 11.6. The number of alkyl halides is 3. The number of hydrogen-bond donors (Lipinski definition) is 1. The minimum atomic E-state index is -4.32. The summed E-state index contributed by atoms with van der Waals surface area (Å²) >= 11 is 0. The molecule has 0 unspecified atom stereocenters. The lowest BCUT2D eigenvalue weighted by molar-refractivity contribution is -0.174. The second-order valence-corrected chi connectivity index (χ2v) is 6.43. The molecule has 7 heteroatoms. The predicted octanol–water partition coefficient (Wildman–Crippen LogP) is 3.45. The SMILES string of the molecule is CC(C)(C)c1ccc(OCC(=O)NCCCOCC(F)(F)F)cc1. The summed E-state index contributed by atoms with van der Waals surface area (Å²) in [5.74, 6) is 0.261. The van der Waals surface area contributed by atoms with Crippen LogP contribution in [0.3, 0.4) is 0 Å². The molecule has 1 aromatic rings. The topological polar surface area (TPSA) is 47.6 Å². The fourth-order valence-electron chi connectivity index (χ4n) is 1.84. The summed E-state index contributed by atoms with van der Waals surface area (Å²) in [6, 6.07) is 7.51. The van der Waals surface area contributed by atoms with Gasteiger partial charge in [-0.15, -0.1) is 0 Å². The van der Waals surface area contributed by atoms with Gasteiger partial charge in [0.2, 0.25) is 0 Å². The van der Waals surface area contributed by atoms with Gasteiger partial charge in [0.05, 0.1) is 0 Å². The number of halogens is 3. The monoisotopic (exact) mass is 347 g/mol. The van der Waals surface area contributed by atoms with E-state index in [4.69, 9.17) is 4.74 Å². The fraction of sp³-hybridized carbons (Fsp3) is 0.588. The lowest BCUT2D eigenvalue weighted by Crippen LogP contribution is -2.30. The van der Waals surface area contributed by atoms with Gasteiger partial charge in [-0.1, -0.05) is 32.9 Å². The molecule has 1 N–H and O–H groups in total. The van der Waals surface area contributed by atoms with E-state index in [0.29, 0.717) is 12.2 Å². The molecular formula is C17H24F3NO3. The van der Waals surface area contributed by atoms with Crippen molar-refractivity contribution in [3.05, 3.63) is 29.8 Å². The van der Waals surface area contributed by atoms with E-state index >= 15 is 0 Å². The van der Waals surface area contributed by atoms with Gasteiger partial charge in [0, 0.05) is 13.2 Å². The molecule has 4 nitrogen and oxygen atoms in total. The quantitative estimate of drug-likeness (QED) is 0.733. The maximum absolute atomic E-state index is 11.8. The van der Waals surface area contributed by atoms with E-state index in [9.17, 15) is 18.0 Å². The second kappa shape index (κ2) is 8.92. The van der Waals surface area contributed by atoms with Crippen LogP contribution in [0.5, 0.6) is 5.75 Å². The van der Waals surface area contributed by atoms with E-state index in [0.717, 1.165) is 5.56 Å². The molecule has 1 rings (SSSR count). The Bertz CT molecular complexity index is 507. The van der Waals surface area contributed by atoms with Crippen molar-refractivity contribution in [2.24, 2.45) is 0 Å². The molecule has 0 spiro atoms. The van der Waals surface area contributed by atoms with Gasteiger partial charge in [0.15, 0.2) is 6.61 Å². The molecule has 0 radical (unpaired) electrons. The van der Waals surface area contributed by atoms with Gasteiger partial charge in [-0.3, -0.25) is 4.79 Å². The van der Waals surface area contributed by atoms with Crippen molar-refractivity contribution in [2.75, 3.05) is 26.4 Å². The van der Waals surface area contributed by atoms with E-state index in [1.165, 1.54) is 0 Å². The molecule has 0 aliphatic carbocycles. The molecule has 0 aliphatic rings. The highest BCUT2D eigenvalue weighted by molar-refractivity contribution is 5.77. The molecule has 0 aromatic heterocycles. The number of carbonyl (C=O) groups excluding carboxylic acids is 1. The highest BCUT2D eigenvalue weighted by atomic mass is 19.4. The Morgan fingerprint density at radius 2 is 1.75 bits per heavy atom. The number of ether oxygens (including phenoxy) is 2. The largest absolute Gasteiger partial charge is 0.484 e.